The first kappa shape index (κ1) is 10.5. The molecular weight excluding hydrogens is 162 g/mol. The largest absolute Gasteiger partial charge is 0.393 e. The second-order valence-electron chi connectivity index (χ2n) is 3.96. The van der Waals surface area contributed by atoms with Crippen molar-refractivity contribution in [3.8, 4) is 0 Å². The van der Waals surface area contributed by atoms with Gasteiger partial charge in [0.1, 0.15) is 0 Å². The number of nitrogens with zero attached hydrogens (tertiary/aromatic N) is 1. The van der Waals surface area contributed by atoms with Crippen LogP contribution in [0.2, 0.25) is 0 Å². The quantitative estimate of drug-likeness (QED) is 0.514. The van der Waals surface area contributed by atoms with E-state index in [1.807, 2.05) is 12.2 Å². The van der Waals surface area contributed by atoms with E-state index in [1.54, 1.807) is 0 Å². The molecule has 1 saturated heterocycles. The monoisotopic (exact) mass is 182 g/mol. The number of hydrogen-bond donors (Lipinski definition) is 1. The zero-order valence-electron chi connectivity index (χ0n) is 8.28. The van der Waals surface area contributed by atoms with E-state index in [9.17, 15) is 5.11 Å². The Morgan fingerprint density at radius 1 is 1.15 bits per heavy atom. The third kappa shape index (κ3) is 2.68. The fourth-order valence-corrected chi connectivity index (χ4v) is 2.09. The normalized spacial score (nSPS) is 22.5. The van der Waals surface area contributed by atoms with Crippen molar-refractivity contribution < 1.29 is 9.59 Å². The van der Waals surface area contributed by atoms with Crippen LogP contribution < -0.4 is 0 Å². The number of hydrogen-bond acceptors (Lipinski definition) is 1. The Morgan fingerprint density at radius 3 is 2.00 bits per heavy atom. The molecule has 0 spiro atoms. The van der Waals surface area contributed by atoms with Gasteiger partial charge in [-0.05, 0) is 12.2 Å². The van der Waals surface area contributed by atoms with Gasteiger partial charge in [-0.15, -0.1) is 0 Å². The van der Waals surface area contributed by atoms with E-state index in [0.29, 0.717) is 0 Å². The third-order valence-electron chi connectivity index (χ3n) is 2.91. The highest BCUT2D eigenvalue weighted by atomic mass is 16.3. The second kappa shape index (κ2) is 4.58. The lowest BCUT2D eigenvalue weighted by Gasteiger charge is -2.41. The van der Waals surface area contributed by atoms with Gasteiger partial charge in [0.2, 0.25) is 0 Å². The molecule has 2 nitrogen and oxygen atoms in total. The average Bonchev–Trinajstić information content (AvgIpc) is 2.11. The van der Waals surface area contributed by atoms with Gasteiger partial charge >= 0.3 is 0 Å². The molecule has 0 atom stereocenters. The van der Waals surface area contributed by atoms with Gasteiger partial charge in [0.05, 0.1) is 32.3 Å². The molecule has 1 N–H and O–H groups in total. The minimum absolute atomic E-state index is 0.0825. The van der Waals surface area contributed by atoms with Gasteiger partial charge in [-0.1, -0.05) is 13.2 Å². The molecule has 13 heavy (non-hydrogen) atoms. The molecule has 74 valence electrons. The van der Waals surface area contributed by atoms with E-state index in [2.05, 4.69) is 13.2 Å². The van der Waals surface area contributed by atoms with Crippen molar-refractivity contribution in [2.24, 2.45) is 0 Å². The number of aliphatic hydroxyl groups excluding tert-OH is 1. The Balaban J connectivity index is 2.56. The Hall–Kier alpha value is -0.600. The molecule has 0 aliphatic carbocycles. The molecule has 0 saturated carbocycles. The standard InChI is InChI=1S/C11H20NO/c1-3-7-12(8-4-2)9-5-11(13)6-10-12/h3-4,11,13H,1-2,5-10H2/q+1. The van der Waals surface area contributed by atoms with Gasteiger partial charge in [-0.2, -0.15) is 0 Å². The Morgan fingerprint density at radius 2 is 1.62 bits per heavy atom. The molecule has 0 amide bonds. The molecule has 1 aliphatic rings. The lowest BCUT2D eigenvalue weighted by molar-refractivity contribution is -0.922. The summed E-state index contributed by atoms with van der Waals surface area (Å²) >= 11 is 0. The van der Waals surface area contributed by atoms with Gasteiger partial charge in [-0.25, -0.2) is 0 Å². The zero-order valence-corrected chi connectivity index (χ0v) is 8.28. The maximum absolute atomic E-state index is 9.42. The summed E-state index contributed by atoms with van der Waals surface area (Å²) in [5, 5.41) is 9.42. The number of likely N-dealkylation sites (tertiary alicyclic amines) is 1. The van der Waals surface area contributed by atoms with Crippen molar-refractivity contribution in [1.29, 1.82) is 0 Å². The van der Waals surface area contributed by atoms with Crippen molar-refractivity contribution in [3.63, 3.8) is 0 Å². The van der Waals surface area contributed by atoms with Gasteiger partial charge in [-0.3, -0.25) is 0 Å². The molecule has 1 aliphatic heterocycles. The van der Waals surface area contributed by atoms with Crippen molar-refractivity contribution in [2.75, 3.05) is 26.2 Å². The number of rotatable bonds is 4. The van der Waals surface area contributed by atoms with Crippen LogP contribution in [0, 0.1) is 0 Å². The van der Waals surface area contributed by atoms with Crippen molar-refractivity contribution in [3.05, 3.63) is 25.3 Å². The van der Waals surface area contributed by atoms with Crippen LogP contribution in [-0.4, -0.2) is 41.9 Å². The summed E-state index contributed by atoms with van der Waals surface area (Å²) in [6.07, 6.45) is 5.70. The molecule has 1 rings (SSSR count). The SMILES string of the molecule is C=CC[N+]1(CC=C)CCC(O)CC1. The van der Waals surface area contributed by atoms with Crippen LogP contribution in [0.4, 0.5) is 0 Å². The molecule has 0 aromatic heterocycles. The van der Waals surface area contributed by atoms with E-state index in [4.69, 9.17) is 0 Å². The van der Waals surface area contributed by atoms with Crippen molar-refractivity contribution in [2.45, 2.75) is 18.9 Å². The second-order valence-corrected chi connectivity index (χ2v) is 3.96. The van der Waals surface area contributed by atoms with E-state index in [1.165, 1.54) is 0 Å². The predicted molar refractivity (Wildman–Crippen MR) is 55.4 cm³/mol. The molecular formula is C11H20NO+. The van der Waals surface area contributed by atoms with Crippen molar-refractivity contribution >= 4 is 0 Å². The van der Waals surface area contributed by atoms with Gasteiger partial charge in [0.15, 0.2) is 0 Å². The van der Waals surface area contributed by atoms with Crippen LogP contribution in [0.3, 0.4) is 0 Å². The zero-order chi connectivity index (χ0) is 9.73. The third-order valence-corrected chi connectivity index (χ3v) is 2.91. The summed E-state index contributed by atoms with van der Waals surface area (Å²) in [5.41, 5.74) is 0. The number of aliphatic hydroxyl groups is 1. The number of quaternary nitrogens is 1. The highest BCUT2D eigenvalue weighted by molar-refractivity contribution is 4.75. The summed E-state index contributed by atoms with van der Waals surface area (Å²) in [4.78, 5) is 0. The summed E-state index contributed by atoms with van der Waals surface area (Å²) in [6, 6.07) is 0. The van der Waals surface area contributed by atoms with E-state index < -0.39 is 0 Å². The first-order valence-corrected chi connectivity index (χ1v) is 4.97. The van der Waals surface area contributed by atoms with Crippen LogP contribution in [0.5, 0.6) is 0 Å². The lowest BCUT2D eigenvalue weighted by Crippen LogP contribution is -2.54. The van der Waals surface area contributed by atoms with E-state index in [-0.39, 0.29) is 6.10 Å². The van der Waals surface area contributed by atoms with Gasteiger partial charge < -0.3 is 9.59 Å². The summed E-state index contributed by atoms with van der Waals surface area (Å²) in [7, 11) is 0. The van der Waals surface area contributed by atoms with E-state index in [0.717, 1.165) is 43.5 Å². The predicted octanol–water partition coefficient (Wildman–Crippen LogP) is 1.33. The van der Waals surface area contributed by atoms with Crippen LogP contribution >= 0.6 is 0 Å². The Labute approximate surface area is 80.8 Å². The van der Waals surface area contributed by atoms with Crippen LogP contribution in [0.1, 0.15) is 12.8 Å². The fraction of sp³-hybridized carbons (Fsp3) is 0.636. The van der Waals surface area contributed by atoms with Gasteiger partial charge in [0.25, 0.3) is 0 Å². The van der Waals surface area contributed by atoms with Crippen LogP contribution in [-0.2, 0) is 0 Å². The molecule has 2 heteroatoms. The first-order valence-electron chi connectivity index (χ1n) is 4.97. The lowest BCUT2D eigenvalue weighted by atomic mass is 10.0. The highest BCUT2D eigenvalue weighted by Crippen LogP contribution is 2.19. The molecule has 0 aromatic rings. The Kier molecular flexibility index (Phi) is 3.70. The maximum atomic E-state index is 9.42. The highest BCUT2D eigenvalue weighted by Gasteiger charge is 2.30. The average molecular weight is 182 g/mol. The van der Waals surface area contributed by atoms with Crippen molar-refractivity contribution in [1.82, 2.24) is 0 Å². The van der Waals surface area contributed by atoms with Gasteiger partial charge in [0, 0.05) is 12.8 Å². The fourth-order valence-electron chi connectivity index (χ4n) is 2.09. The summed E-state index contributed by atoms with van der Waals surface area (Å²) in [5.74, 6) is 0. The smallest absolute Gasteiger partial charge is 0.0973 e. The van der Waals surface area contributed by atoms with Crippen LogP contribution in [0.25, 0.3) is 0 Å². The number of piperidine rings is 1. The maximum Gasteiger partial charge on any atom is 0.0973 e. The molecule has 0 bridgehead atoms. The molecule has 0 aromatic carbocycles. The minimum Gasteiger partial charge on any atom is -0.393 e. The molecule has 1 heterocycles. The molecule has 0 unspecified atom stereocenters. The Bertz CT molecular complexity index is 169. The topological polar surface area (TPSA) is 20.2 Å². The molecule has 0 radical (unpaired) electrons. The summed E-state index contributed by atoms with van der Waals surface area (Å²) in [6.45, 7) is 11.7. The van der Waals surface area contributed by atoms with Crippen LogP contribution in [0.15, 0.2) is 25.3 Å². The first-order chi connectivity index (χ1) is 6.22. The van der Waals surface area contributed by atoms with E-state index >= 15 is 0 Å². The summed E-state index contributed by atoms with van der Waals surface area (Å²) < 4.78 is 1.03. The molecule has 1 fully saturated rings. The minimum atomic E-state index is -0.0825.